The maximum absolute atomic E-state index is 10.1. The largest absolute Gasteiger partial charge is 0.464 e. The van der Waals surface area contributed by atoms with E-state index < -0.39 is 6.09 Å². The fourth-order valence-corrected chi connectivity index (χ4v) is 1.43. The third kappa shape index (κ3) is 3.06. The molecule has 12 heavy (non-hydrogen) atoms. The number of carboxylic acid groups (broad SMARTS) is 1. The topological polar surface area (TPSA) is 73.4 Å². The van der Waals surface area contributed by atoms with Crippen molar-refractivity contribution in [3.05, 3.63) is 0 Å². The van der Waals surface area contributed by atoms with Gasteiger partial charge in [0.15, 0.2) is 0 Å². The summed E-state index contributed by atoms with van der Waals surface area (Å²) in [5.74, 6) is 0.604. The van der Waals surface area contributed by atoms with Gasteiger partial charge in [-0.25, -0.2) is 10.2 Å². The Balaban J connectivity index is 2.18. The first kappa shape index (κ1) is 9.28. The lowest BCUT2D eigenvalue weighted by Gasteiger charge is -2.27. The Morgan fingerprint density at radius 1 is 1.58 bits per heavy atom. The average molecular weight is 173 g/mol. The fraction of sp³-hybridized carbons (Fsp3) is 0.857. The third-order valence-corrected chi connectivity index (χ3v) is 1.95. The molecule has 0 aliphatic carbocycles. The Bertz CT molecular complexity index is 163. The predicted octanol–water partition coefficient (Wildman–Crippen LogP) is -0.243. The summed E-state index contributed by atoms with van der Waals surface area (Å²) in [6.07, 6.45) is -0.0268. The summed E-state index contributed by atoms with van der Waals surface area (Å²) >= 11 is 0. The number of hydrogen-bond donors (Lipinski definition) is 4. The molecule has 4 N–H and O–H groups in total. The van der Waals surface area contributed by atoms with Gasteiger partial charge in [0.2, 0.25) is 0 Å². The number of rotatable bonds is 2. The molecule has 0 bridgehead atoms. The quantitative estimate of drug-likeness (QED) is 0.435. The van der Waals surface area contributed by atoms with Crippen LogP contribution in [0.4, 0.5) is 4.79 Å². The lowest BCUT2D eigenvalue weighted by atomic mass is 9.98. The highest BCUT2D eigenvalue weighted by Gasteiger charge is 2.17. The molecule has 5 heteroatoms. The van der Waals surface area contributed by atoms with Gasteiger partial charge in [-0.2, -0.15) is 0 Å². The van der Waals surface area contributed by atoms with Crippen molar-refractivity contribution in [3.63, 3.8) is 0 Å². The molecule has 1 amide bonds. The van der Waals surface area contributed by atoms with Crippen molar-refractivity contribution in [2.45, 2.75) is 19.4 Å². The summed E-state index contributed by atoms with van der Waals surface area (Å²) in [5.41, 5.74) is 4.90. The van der Waals surface area contributed by atoms with Crippen molar-refractivity contribution in [1.82, 2.24) is 16.2 Å². The highest BCUT2D eigenvalue weighted by Crippen LogP contribution is 2.08. The van der Waals surface area contributed by atoms with E-state index in [4.69, 9.17) is 5.11 Å². The lowest BCUT2D eigenvalue weighted by molar-refractivity contribution is 0.182. The van der Waals surface area contributed by atoms with Crippen LogP contribution in [0.3, 0.4) is 0 Å². The highest BCUT2D eigenvalue weighted by atomic mass is 16.4. The van der Waals surface area contributed by atoms with Crippen LogP contribution >= 0.6 is 0 Å². The summed E-state index contributed by atoms with van der Waals surface area (Å²) in [6.45, 7) is 3.98. The minimum atomic E-state index is -1.03. The van der Waals surface area contributed by atoms with Crippen LogP contribution in [0.1, 0.15) is 13.3 Å². The summed E-state index contributed by atoms with van der Waals surface area (Å²) in [4.78, 5) is 10.1. The zero-order chi connectivity index (χ0) is 8.97. The normalized spacial score (nSPS) is 29.8. The number of amides is 1. The van der Waals surface area contributed by atoms with Crippen molar-refractivity contribution in [3.8, 4) is 0 Å². The molecule has 0 spiro atoms. The van der Waals surface area contributed by atoms with Crippen molar-refractivity contribution >= 4 is 6.09 Å². The zero-order valence-corrected chi connectivity index (χ0v) is 7.13. The zero-order valence-electron chi connectivity index (χ0n) is 7.13. The molecule has 1 aliphatic heterocycles. The summed E-state index contributed by atoms with van der Waals surface area (Å²) in [6, 6.07) is 0.213. The highest BCUT2D eigenvalue weighted by molar-refractivity contribution is 5.63. The summed E-state index contributed by atoms with van der Waals surface area (Å²) < 4.78 is 0. The van der Waals surface area contributed by atoms with Crippen LogP contribution < -0.4 is 16.2 Å². The van der Waals surface area contributed by atoms with Crippen LogP contribution in [0.5, 0.6) is 0 Å². The van der Waals surface area contributed by atoms with Gasteiger partial charge in [0.1, 0.15) is 0 Å². The monoisotopic (exact) mass is 173 g/mol. The Morgan fingerprint density at radius 2 is 2.33 bits per heavy atom. The van der Waals surface area contributed by atoms with Crippen LogP contribution in [-0.2, 0) is 0 Å². The second-order valence-electron chi connectivity index (χ2n) is 3.27. The van der Waals surface area contributed by atoms with Crippen LogP contribution in [0.25, 0.3) is 0 Å². The first-order valence-electron chi connectivity index (χ1n) is 4.13. The summed E-state index contributed by atoms with van der Waals surface area (Å²) in [7, 11) is 0. The second kappa shape index (κ2) is 4.27. The first-order valence-corrected chi connectivity index (χ1v) is 4.13. The second-order valence-corrected chi connectivity index (χ2v) is 3.27. The minimum absolute atomic E-state index is 0.213. The molecule has 2 unspecified atom stereocenters. The molecule has 1 rings (SSSR count). The van der Waals surface area contributed by atoms with Crippen molar-refractivity contribution in [1.29, 1.82) is 0 Å². The van der Waals surface area contributed by atoms with E-state index in [1.165, 1.54) is 0 Å². The van der Waals surface area contributed by atoms with E-state index in [0.717, 1.165) is 19.5 Å². The molecular weight excluding hydrogens is 158 g/mol. The Hall–Kier alpha value is -0.810. The molecule has 0 aromatic carbocycles. The van der Waals surface area contributed by atoms with Crippen molar-refractivity contribution in [2.75, 3.05) is 13.1 Å². The van der Waals surface area contributed by atoms with E-state index in [0.29, 0.717) is 5.92 Å². The van der Waals surface area contributed by atoms with E-state index in [2.05, 4.69) is 23.1 Å². The Labute approximate surface area is 71.5 Å². The van der Waals surface area contributed by atoms with Gasteiger partial charge in [0.25, 0.3) is 0 Å². The minimum Gasteiger partial charge on any atom is -0.464 e. The number of hydrazine groups is 1. The van der Waals surface area contributed by atoms with Gasteiger partial charge in [-0.3, -0.25) is 5.43 Å². The van der Waals surface area contributed by atoms with Gasteiger partial charge in [-0.15, -0.1) is 0 Å². The van der Waals surface area contributed by atoms with E-state index in [1.807, 2.05) is 0 Å². The number of piperidine rings is 1. The van der Waals surface area contributed by atoms with Gasteiger partial charge in [-0.1, -0.05) is 6.92 Å². The fourth-order valence-electron chi connectivity index (χ4n) is 1.43. The summed E-state index contributed by atoms with van der Waals surface area (Å²) in [5, 5.41) is 11.5. The molecule has 0 saturated carbocycles. The van der Waals surface area contributed by atoms with Crippen molar-refractivity contribution < 1.29 is 9.90 Å². The number of hydrogen-bond acceptors (Lipinski definition) is 3. The molecule has 1 fully saturated rings. The van der Waals surface area contributed by atoms with Crippen LogP contribution in [-0.4, -0.2) is 30.3 Å². The smallest absolute Gasteiger partial charge is 0.419 e. The van der Waals surface area contributed by atoms with E-state index in [-0.39, 0.29) is 6.04 Å². The van der Waals surface area contributed by atoms with Gasteiger partial charge >= 0.3 is 6.09 Å². The molecule has 1 heterocycles. The number of nitrogens with one attached hydrogen (secondary N) is 3. The van der Waals surface area contributed by atoms with Crippen LogP contribution in [0.2, 0.25) is 0 Å². The SMILES string of the molecule is CC1CNCC(NNC(=O)O)C1. The van der Waals surface area contributed by atoms with Crippen molar-refractivity contribution in [2.24, 2.45) is 5.92 Å². The van der Waals surface area contributed by atoms with Gasteiger partial charge in [0.05, 0.1) is 0 Å². The molecule has 0 radical (unpaired) electrons. The molecule has 0 aromatic rings. The van der Waals surface area contributed by atoms with Gasteiger partial charge < -0.3 is 10.4 Å². The molecule has 2 atom stereocenters. The Morgan fingerprint density at radius 3 is 2.92 bits per heavy atom. The van der Waals surface area contributed by atoms with E-state index in [1.54, 1.807) is 0 Å². The molecular formula is C7H15N3O2. The predicted molar refractivity (Wildman–Crippen MR) is 44.7 cm³/mol. The van der Waals surface area contributed by atoms with Gasteiger partial charge in [-0.05, 0) is 18.9 Å². The lowest BCUT2D eigenvalue weighted by Crippen LogP contribution is -2.52. The standard InChI is InChI=1S/C7H15N3O2/c1-5-2-6(4-8-3-5)9-10-7(11)12/h5-6,8-10H,2-4H2,1H3,(H,11,12). The molecule has 70 valence electrons. The average Bonchev–Trinajstić information content (AvgIpc) is 2.01. The first-order chi connectivity index (χ1) is 5.68. The molecule has 1 saturated heterocycles. The number of carbonyl (C=O) groups is 1. The van der Waals surface area contributed by atoms with Crippen LogP contribution in [0.15, 0.2) is 0 Å². The molecule has 0 aromatic heterocycles. The molecule has 5 nitrogen and oxygen atoms in total. The maximum Gasteiger partial charge on any atom is 0.419 e. The van der Waals surface area contributed by atoms with Crippen LogP contribution in [0, 0.1) is 5.92 Å². The third-order valence-electron chi connectivity index (χ3n) is 1.95. The Kier molecular flexibility index (Phi) is 3.31. The van der Waals surface area contributed by atoms with E-state index >= 15 is 0 Å². The molecule has 1 aliphatic rings. The van der Waals surface area contributed by atoms with Gasteiger partial charge in [0, 0.05) is 12.6 Å². The maximum atomic E-state index is 10.1. The van der Waals surface area contributed by atoms with E-state index in [9.17, 15) is 4.79 Å².